The molecule has 158 valence electrons. The van der Waals surface area contributed by atoms with Crippen LogP contribution in [-0.2, 0) is 6.42 Å². The maximum Gasteiger partial charge on any atom is 0.193 e. The first-order valence-electron chi connectivity index (χ1n) is 11.4. The number of hydrogen-bond acceptors (Lipinski definition) is 3. The molecular weight excluding hydrogens is 356 g/mol. The van der Waals surface area contributed by atoms with Gasteiger partial charge in [-0.05, 0) is 30.5 Å². The molecule has 0 aromatic heterocycles. The Balaban J connectivity index is 1.71. The second-order valence-electron chi connectivity index (χ2n) is 8.11. The molecule has 0 amide bonds. The fourth-order valence-corrected chi connectivity index (χ4v) is 3.86. The summed E-state index contributed by atoms with van der Waals surface area (Å²) in [6, 6.07) is 12.8. The van der Waals surface area contributed by atoms with Crippen LogP contribution in [-0.4, -0.2) is 5.78 Å². The van der Waals surface area contributed by atoms with Gasteiger partial charge in [-0.2, -0.15) is 0 Å². The molecule has 0 unspecified atom stereocenters. The molecule has 0 aliphatic carbocycles. The zero-order chi connectivity index (χ0) is 20.9. The summed E-state index contributed by atoms with van der Waals surface area (Å²) in [5.41, 5.74) is 16.0. The summed E-state index contributed by atoms with van der Waals surface area (Å²) in [4.78, 5) is 12.6. The van der Waals surface area contributed by atoms with E-state index in [1.165, 1.54) is 64.2 Å². The summed E-state index contributed by atoms with van der Waals surface area (Å²) in [5, 5.41) is 0. The van der Waals surface area contributed by atoms with E-state index in [9.17, 15) is 4.79 Å². The summed E-state index contributed by atoms with van der Waals surface area (Å²) in [5.74, 6) is -0.0368. The van der Waals surface area contributed by atoms with E-state index in [2.05, 4.69) is 6.92 Å². The van der Waals surface area contributed by atoms with Crippen LogP contribution in [0.1, 0.15) is 99.0 Å². The van der Waals surface area contributed by atoms with E-state index >= 15 is 0 Å². The van der Waals surface area contributed by atoms with Crippen molar-refractivity contribution in [1.29, 1.82) is 0 Å². The van der Waals surface area contributed by atoms with Crippen LogP contribution in [0, 0.1) is 0 Å². The number of ketones is 1. The fourth-order valence-electron chi connectivity index (χ4n) is 3.86. The minimum Gasteiger partial charge on any atom is -0.398 e. The van der Waals surface area contributed by atoms with Gasteiger partial charge in [0.1, 0.15) is 0 Å². The van der Waals surface area contributed by atoms with Crippen molar-refractivity contribution in [2.45, 2.75) is 84.0 Å². The highest BCUT2D eigenvalue weighted by molar-refractivity contribution is 6.10. The minimum atomic E-state index is -0.0368. The maximum atomic E-state index is 12.6. The third-order valence-electron chi connectivity index (χ3n) is 5.65. The number of benzene rings is 2. The van der Waals surface area contributed by atoms with Crippen LogP contribution in [0.4, 0.5) is 11.4 Å². The van der Waals surface area contributed by atoms with Gasteiger partial charge in [0.25, 0.3) is 0 Å². The lowest BCUT2D eigenvalue weighted by Crippen LogP contribution is -2.07. The van der Waals surface area contributed by atoms with E-state index in [0.717, 1.165) is 18.4 Å². The Labute approximate surface area is 176 Å². The van der Waals surface area contributed by atoms with Crippen molar-refractivity contribution in [2.24, 2.45) is 0 Å². The summed E-state index contributed by atoms with van der Waals surface area (Å²) >= 11 is 0. The predicted octanol–water partition coefficient (Wildman–Crippen LogP) is 6.94. The molecule has 3 nitrogen and oxygen atoms in total. The van der Waals surface area contributed by atoms with Gasteiger partial charge in [-0.3, -0.25) is 4.79 Å². The van der Waals surface area contributed by atoms with Crippen LogP contribution in [0.5, 0.6) is 0 Å². The molecule has 2 aromatic rings. The Kier molecular flexibility index (Phi) is 10.3. The Morgan fingerprint density at radius 2 is 1.17 bits per heavy atom. The lowest BCUT2D eigenvalue weighted by Gasteiger charge is -2.12. The summed E-state index contributed by atoms with van der Waals surface area (Å²) in [6.07, 6.45) is 15.4. The minimum absolute atomic E-state index is 0.0368. The molecule has 0 saturated heterocycles. The highest BCUT2D eigenvalue weighted by Gasteiger charge is 2.13. The van der Waals surface area contributed by atoms with Crippen LogP contribution in [0.2, 0.25) is 0 Å². The molecule has 0 radical (unpaired) electrons. The van der Waals surface area contributed by atoms with Gasteiger partial charge in [0, 0.05) is 22.5 Å². The van der Waals surface area contributed by atoms with Crippen molar-refractivity contribution in [1.82, 2.24) is 0 Å². The zero-order valence-corrected chi connectivity index (χ0v) is 18.1. The van der Waals surface area contributed by atoms with Crippen LogP contribution in [0.25, 0.3) is 0 Å². The molecule has 29 heavy (non-hydrogen) atoms. The number of carbonyl (C=O) groups is 1. The SMILES string of the molecule is CCCCCCCCCCCCCc1c(N)cc(C(=O)c2ccccc2)cc1N. The molecule has 4 N–H and O–H groups in total. The lowest BCUT2D eigenvalue weighted by molar-refractivity contribution is 0.103. The van der Waals surface area contributed by atoms with Crippen molar-refractivity contribution < 1.29 is 4.79 Å². The first-order valence-corrected chi connectivity index (χ1v) is 11.4. The normalized spacial score (nSPS) is 10.9. The molecule has 0 bridgehead atoms. The monoisotopic (exact) mass is 394 g/mol. The second-order valence-corrected chi connectivity index (χ2v) is 8.11. The number of carbonyl (C=O) groups excluding carboxylic acids is 1. The van der Waals surface area contributed by atoms with E-state index in [0.29, 0.717) is 22.5 Å². The molecule has 2 aromatic carbocycles. The highest BCUT2D eigenvalue weighted by Crippen LogP contribution is 2.26. The van der Waals surface area contributed by atoms with Crippen LogP contribution in [0.15, 0.2) is 42.5 Å². The molecule has 0 spiro atoms. The van der Waals surface area contributed by atoms with Crippen LogP contribution in [0.3, 0.4) is 0 Å². The number of unbranched alkanes of at least 4 members (excludes halogenated alkanes) is 10. The summed E-state index contributed by atoms with van der Waals surface area (Å²) in [6.45, 7) is 2.26. The first-order chi connectivity index (χ1) is 14.1. The lowest BCUT2D eigenvalue weighted by atomic mass is 9.96. The van der Waals surface area contributed by atoms with Gasteiger partial charge in [-0.25, -0.2) is 0 Å². The average molecular weight is 395 g/mol. The van der Waals surface area contributed by atoms with Crippen molar-refractivity contribution in [3.8, 4) is 0 Å². The van der Waals surface area contributed by atoms with E-state index in [-0.39, 0.29) is 5.78 Å². The highest BCUT2D eigenvalue weighted by atomic mass is 16.1. The quantitative estimate of drug-likeness (QED) is 0.207. The molecule has 0 atom stereocenters. The maximum absolute atomic E-state index is 12.6. The van der Waals surface area contributed by atoms with Crippen LogP contribution < -0.4 is 11.5 Å². The van der Waals surface area contributed by atoms with E-state index in [1.54, 1.807) is 12.1 Å². The molecule has 0 saturated carbocycles. The zero-order valence-electron chi connectivity index (χ0n) is 18.1. The van der Waals surface area contributed by atoms with Gasteiger partial charge >= 0.3 is 0 Å². The Morgan fingerprint density at radius 3 is 1.69 bits per heavy atom. The van der Waals surface area contributed by atoms with Crippen LogP contribution >= 0.6 is 0 Å². The van der Waals surface area contributed by atoms with Gasteiger partial charge in [0.05, 0.1) is 0 Å². The number of nitrogens with two attached hydrogens (primary N) is 2. The third-order valence-corrected chi connectivity index (χ3v) is 5.65. The van der Waals surface area contributed by atoms with Gasteiger partial charge in [0.2, 0.25) is 0 Å². The van der Waals surface area contributed by atoms with E-state index < -0.39 is 0 Å². The van der Waals surface area contributed by atoms with E-state index in [4.69, 9.17) is 11.5 Å². The second kappa shape index (κ2) is 13.0. The van der Waals surface area contributed by atoms with Gasteiger partial charge in [-0.15, -0.1) is 0 Å². The molecular formula is C26H38N2O. The first kappa shape index (κ1) is 23.0. The van der Waals surface area contributed by atoms with Crippen molar-refractivity contribution in [3.63, 3.8) is 0 Å². The average Bonchev–Trinajstić information content (AvgIpc) is 2.73. The van der Waals surface area contributed by atoms with Gasteiger partial charge < -0.3 is 11.5 Å². The van der Waals surface area contributed by atoms with Crippen molar-refractivity contribution in [2.75, 3.05) is 11.5 Å². The van der Waals surface area contributed by atoms with E-state index in [1.807, 2.05) is 30.3 Å². The molecule has 0 heterocycles. The third kappa shape index (κ3) is 7.92. The summed E-state index contributed by atoms with van der Waals surface area (Å²) in [7, 11) is 0. The van der Waals surface area contributed by atoms with Gasteiger partial charge in [-0.1, -0.05) is 101 Å². The van der Waals surface area contributed by atoms with Gasteiger partial charge in [0.15, 0.2) is 5.78 Å². The number of rotatable bonds is 14. The smallest absolute Gasteiger partial charge is 0.193 e. The standard InChI is InChI=1S/C26H38N2O/c1-2-3-4-5-6-7-8-9-10-11-15-18-23-24(27)19-22(20-25(23)28)26(29)21-16-13-12-14-17-21/h12-14,16-17,19-20H,2-11,15,18,27-28H2,1H3. The van der Waals surface area contributed by atoms with Crippen molar-refractivity contribution in [3.05, 3.63) is 59.2 Å². The topological polar surface area (TPSA) is 69.1 Å². The largest absolute Gasteiger partial charge is 0.398 e. The van der Waals surface area contributed by atoms with Crippen molar-refractivity contribution >= 4 is 17.2 Å². The number of nitrogen functional groups attached to an aromatic ring is 2. The fraction of sp³-hybridized carbons (Fsp3) is 0.500. The molecule has 0 aliphatic rings. The molecule has 0 fully saturated rings. The number of anilines is 2. The Hall–Kier alpha value is -2.29. The molecule has 0 aliphatic heterocycles. The Morgan fingerprint density at radius 1 is 0.690 bits per heavy atom. The summed E-state index contributed by atoms with van der Waals surface area (Å²) < 4.78 is 0. The Bertz CT molecular complexity index is 717. The molecule has 2 rings (SSSR count). The molecule has 3 heteroatoms. The predicted molar refractivity (Wildman–Crippen MR) is 125 cm³/mol. The number of hydrogen-bond donors (Lipinski definition) is 2.